The van der Waals surface area contributed by atoms with Crippen LogP contribution in [0.3, 0.4) is 0 Å². The summed E-state index contributed by atoms with van der Waals surface area (Å²) in [5.41, 5.74) is 1.97. The molecule has 2 heterocycles. The number of carbonyl (C=O) groups is 2. The first kappa shape index (κ1) is 14.0. The minimum atomic E-state index is -0.943. The first-order chi connectivity index (χ1) is 9.40. The van der Waals surface area contributed by atoms with Gasteiger partial charge in [0.05, 0.1) is 23.1 Å². The molecular formula is C13H15N3O4. The van der Waals surface area contributed by atoms with Crippen LogP contribution in [0.5, 0.6) is 0 Å². The van der Waals surface area contributed by atoms with Gasteiger partial charge < -0.3 is 14.5 Å². The van der Waals surface area contributed by atoms with Crippen LogP contribution >= 0.6 is 0 Å². The summed E-state index contributed by atoms with van der Waals surface area (Å²) in [5.74, 6) is -1.21. The first-order valence-corrected chi connectivity index (χ1v) is 6.11. The molecule has 0 radical (unpaired) electrons. The number of carbonyl (C=O) groups excluding carboxylic acids is 1. The van der Waals surface area contributed by atoms with E-state index in [-0.39, 0.29) is 18.9 Å². The van der Waals surface area contributed by atoms with Gasteiger partial charge in [0.2, 0.25) is 0 Å². The Kier molecular flexibility index (Phi) is 3.69. The lowest BCUT2D eigenvalue weighted by Gasteiger charge is -2.16. The molecule has 0 aliphatic carbocycles. The number of hydrogen-bond acceptors (Lipinski definition) is 5. The maximum Gasteiger partial charge on any atom is 0.305 e. The van der Waals surface area contributed by atoms with Crippen LogP contribution in [-0.4, -0.2) is 45.6 Å². The summed E-state index contributed by atoms with van der Waals surface area (Å²) in [6, 6.07) is 1.66. The molecule has 0 fully saturated rings. The summed E-state index contributed by atoms with van der Waals surface area (Å²) >= 11 is 0. The zero-order valence-corrected chi connectivity index (χ0v) is 11.5. The molecule has 2 aromatic heterocycles. The number of amides is 1. The van der Waals surface area contributed by atoms with Gasteiger partial charge in [-0.1, -0.05) is 5.16 Å². The molecule has 0 unspecified atom stereocenters. The Morgan fingerprint density at radius 2 is 2.10 bits per heavy atom. The molecule has 0 aliphatic heterocycles. The summed E-state index contributed by atoms with van der Waals surface area (Å²) in [6.45, 7) is 3.63. The molecule has 106 valence electrons. The monoisotopic (exact) mass is 277 g/mol. The lowest BCUT2D eigenvalue weighted by molar-refractivity contribution is -0.137. The van der Waals surface area contributed by atoms with Crippen LogP contribution in [0.2, 0.25) is 0 Å². The molecule has 0 atom stereocenters. The molecule has 7 nitrogen and oxygen atoms in total. The van der Waals surface area contributed by atoms with E-state index in [0.717, 1.165) is 0 Å². The first-order valence-electron chi connectivity index (χ1n) is 6.11. The fourth-order valence-electron chi connectivity index (χ4n) is 1.96. The van der Waals surface area contributed by atoms with Gasteiger partial charge in [0, 0.05) is 19.3 Å². The second-order valence-electron chi connectivity index (χ2n) is 4.63. The van der Waals surface area contributed by atoms with Crippen LogP contribution < -0.4 is 0 Å². The fourth-order valence-corrected chi connectivity index (χ4v) is 1.96. The molecule has 0 aliphatic rings. The second-order valence-corrected chi connectivity index (χ2v) is 4.63. The molecule has 2 aromatic rings. The van der Waals surface area contributed by atoms with Crippen LogP contribution in [0.1, 0.15) is 28.2 Å². The molecular weight excluding hydrogens is 262 g/mol. The van der Waals surface area contributed by atoms with Crippen LogP contribution in [-0.2, 0) is 4.79 Å². The molecule has 20 heavy (non-hydrogen) atoms. The van der Waals surface area contributed by atoms with Gasteiger partial charge >= 0.3 is 5.97 Å². The SMILES string of the molecule is Cc1cc(C(=O)N(C)CCC(=O)O)c2c(C)noc2n1. The standard InChI is InChI=1S/C13H15N3O4/c1-7-6-9(11-8(2)15-20-12(11)14-7)13(19)16(3)5-4-10(17)18/h6H,4-5H2,1-3H3,(H,17,18). The van der Waals surface area contributed by atoms with Crippen molar-refractivity contribution in [2.75, 3.05) is 13.6 Å². The summed E-state index contributed by atoms with van der Waals surface area (Å²) < 4.78 is 5.07. The van der Waals surface area contributed by atoms with Crippen LogP contribution in [0.15, 0.2) is 10.6 Å². The Morgan fingerprint density at radius 3 is 2.75 bits per heavy atom. The Labute approximate surface area is 115 Å². The van der Waals surface area contributed by atoms with E-state index in [9.17, 15) is 9.59 Å². The van der Waals surface area contributed by atoms with Crippen molar-refractivity contribution in [2.24, 2.45) is 0 Å². The van der Waals surface area contributed by atoms with Gasteiger partial charge in [0.1, 0.15) is 0 Å². The van der Waals surface area contributed by atoms with Crippen LogP contribution in [0.4, 0.5) is 0 Å². The molecule has 0 bridgehead atoms. The van der Waals surface area contributed by atoms with Gasteiger partial charge in [-0.05, 0) is 19.9 Å². The molecule has 1 amide bonds. The Hall–Kier alpha value is -2.44. The van der Waals surface area contributed by atoms with Crippen molar-refractivity contribution in [3.8, 4) is 0 Å². The number of fused-ring (bicyclic) bond motifs is 1. The largest absolute Gasteiger partial charge is 0.481 e. The van der Waals surface area contributed by atoms with E-state index in [1.165, 1.54) is 4.90 Å². The number of aromatic nitrogens is 2. The molecule has 1 N–H and O–H groups in total. The molecule has 7 heteroatoms. The lowest BCUT2D eigenvalue weighted by Crippen LogP contribution is -2.29. The van der Waals surface area contributed by atoms with E-state index in [0.29, 0.717) is 28.1 Å². The van der Waals surface area contributed by atoms with Gasteiger partial charge in [0.25, 0.3) is 11.6 Å². The normalized spacial score (nSPS) is 10.8. The zero-order valence-electron chi connectivity index (χ0n) is 11.5. The van der Waals surface area contributed by atoms with Gasteiger partial charge in [-0.15, -0.1) is 0 Å². The number of hydrogen-bond donors (Lipinski definition) is 1. The maximum atomic E-state index is 12.4. The lowest BCUT2D eigenvalue weighted by atomic mass is 10.1. The Bertz CT molecular complexity index is 678. The summed E-state index contributed by atoms with van der Waals surface area (Å²) in [5, 5.41) is 13.1. The van der Waals surface area contributed by atoms with Gasteiger partial charge in [-0.3, -0.25) is 9.59 Å². The van der Waals surface area contributed by atoms with Crippen molar-refractivity contribution in [1.82, 2.24) is 15.0 Å². The topological polar surface area (TPSA) is 96.5 Å². The maximum absolute atomic E-state index is 12.4. The third-order valence-electron chi connectivity index (χ3n) is 2.98. The highest BCUT2D eigenvalue weighted by Crippen LogP contribution is 2.22. The van der Waals surface area contributed by atoms with Crippen molar-refractivity contribution < 1.29 is 19.2 Å². The van der Waals surface area contributed by atoms with E-state index >= 15 is 0 Å². The van der Waals surface area contributed by atoms with E-state index in [4.69, 9.17) is 9.63 Å². The van der Waals surface area contributed by atoms with Gasteiger partial charge in [-0.25, -0.2) is 4.98 Å². The molecule has 2 rings (SSSR count). The quantitative estimate of drug-likeness (QED) is 0.907. The number of rotatable bonds is 4. The zero-order chi connectivity index (χ0) is 14.9. The predicted molar refractivity (Wildman–Crippen MR) is 70.5 cm³/mol. The Morgan fingerprint density at radius 1 is 1.40 bits per heavy atom. The minimum Gasteiger partial charge on any atom is -0.481 e. The number of carboxylic acids is 1. The average Bonchev–Trinajstić information content (AvgIpc) is 2.75. The van der Waals surface area contributed by atoms with Gasteiger partial charge in [0.15, 0.2) is 0 Å². The highest BCUT2D eigenvalue weighted by molar-refractivity contribution is 6.06. The number of aliphatic carboxylic acids is 1. The van der Waals surface area contributed by atoms with E-state index in [2.05, 4.69) is 10.1 Å². The molecule has 0 aromatic carbocycles. The number of aryl methyl sites for hydroxylation is 2. The highest BCUT2D eigenvalue weighted by atomic mass is 16.5. The summed E-state index contributed by atoms with van der Waals surface area (Å²) in [7, 11) is 1.57. The smallest absolute Gasteiger partial charge is 0.305 e. The Balaban J connectivity index is 2.38. The van der Waals surface area contributed by atoms with Crippen molar-refractivity contribution in [3.05, 3.63) is 23.0 Å². The predicted octanol–water partition coefficient (Wildman–Crippen LogP) is 1.39. The molecule has 0 saturated carbocycles. The molecule has 0 spiro atoms. The van der Waals surface area contributed by atoms with E-state index in [1.807, 2.05) is 0 Å². The summed E-state index contributed by atoms with van der Waals surface area (Å²) in [6.07, 6.45) is -0.0991. The third-order valence-corrected chi connectivity index (χ3v) is 2.98. The highest BCUT2D eigenvalue weighted by Gasteiger charge is 2.20. The number of carboxylic acid groups (broad SMARTS) is 1. The third kappa shape index (κ3) is 2.61. The van der Waals surface area contributed by atoms with Crippen LogP contribution in [0.25, 0.3) is 11.1 Å². The number of pyridine rings is 1. The van der Waals surface area contributed by atoms with Crippen molar-refractivity contribution >= 4 is 23.0 Å². The van der Waals surface area contributed by atoms with E-state index < -0.39 is 5.97 Å². The summed E-state index contributed by atoms with van der Waals surface area (Å²) in [4.78, 5) is 28.5. The minimum absolute atomic E-state index is 0.0991. The van der Waals surface area contributed by atoms with E-state index in [1.54, 1.807) is 27.0 Å². The van der Waals surface area contributed by atoms with Gasteiger partial charge in [-0.2, -0.15) is 0 Å². The molecule has 0 saturated heterocycles. The van der Waals surface area contributed by atoms with Crippen molar-refractivity contribution in [1.29, 1.82) is 0 Å². The average molecular weight is 277 g/mol. The second kappa shape index (κ2) is 5.28. The van der Waals surface area contributed by atoms with Crippen LogP contribution in [0, 0.1) is 13.8 Å². The number of nitrogens with zero attached hydrogens (tertiary/aromatic N) is 3. The fraction of sp³-hybridized carbons (Fsp3) is 0.385. The van der Waals surface area contributed by atoms with Crippen molar-refractivity contribution in [2.45, 2.75) is 20.3 Å². The van der Waals surface area contributed by atoms with Crippen molar-refractivity contribution in [3.63, 3.8) is 0 Å².